The maximum Gasteiger partial charge on any atom is 0.389 e. The van der Waals surface area contributed by atoms with Crippen LogP contribution in [0.3, 0.4) is 0 Å². The Bertz CT molecular complexity index is 327. The molecule has 0 aliphatic carbocycles. The van der Waals surface area contributed by atoms with Crippen LogP contribution in [0.2, 0.25) is 0 Å². The molecule has 0 saturated heterocycles. The number of nitrogens with two attached hydrogens (primary N) is 1. The lowest BCUT2D eigenvalue weighted by Gasteiger charge is -2.07. The second-order valence-electron chi connectivity index (χ2n) is 2.88. The molecular formula is C6H11F3N2O4S. The van der Waals surface area contributed by atoms with Crippen LogP contribution in [0.1, 0.15) is 12.8 Å². The van der Waals surface area contributed by atoms with Crippen LogP contribution in [-0.4, -0.2) is 32.9 Å². The van der Waals surface area contributed by atoms with Gasteiger partial charge in [-0.2, -0.15) is 13.2 Å². The number of carbonyl (C=O) groups is 1. The van der Waals surface area contributed by atoms with Crippen LogP contribution in [-0.2, 0) is 19.7 Å². The maximum atomic E-state index is 11.7. The second-order valence-corrected chi connectivity index (χ2v) is 4.68. The first-order valence-electron chi connectivity index (χ1n) is 4.09. The van der Waals surface area contributed by atoms with Crippen molar-refractivity contribution in [3.05, 3.63) is 0 Å². The van der Waals surface area contributed by atoms with Crippen molar-refractivity contribution in [2.24, 2.45) is 5.73 Å². The average Bonchev–Trinajstić information content (AvgIpc) is 1.99. The van der Waals surface area contributed by atoms with Gasteiger partial charge < -0.3 is 5.73 Å². The number of carbonyl (C=O) groups excluding carboxylic acids is 1. The van der Waals surface area contributed by atoms with Crippen LogP contribution in [0.5, 0.6) is 0 Å². The third-order valence-corrected chi connectivity index (χ3v) is 2.47. The van der Waals surface area contributed by atoms with E-state index in [-0.39, 0.29) is 0 Å². The highest BCUT2D eigenvalue weighted by Gasteiger charge is 2.27. The molecule has 0 bridgehead atoms. The largest absolute Gasteiger partial charge is 0.389 e. The highest BCUT2D eigenvalue weighted by molar-refractivity contribution is 7.89. The third kappa shape index (κ3) is 9.68. The predicted molar refractivity (Wildman–Crippen MR) is 47.4 cm³/mol. The molecule has 0 fully saturated rings. The SMILES string of the molecule is NC(=O)CONS(=O)(=O)CCCC(F)(F)F. The summed E-state index contributed by atoms with van der Waals surface area (Å²) in [4.78, 5) is 15.8. The fourth-order valence-electron chi connectivity index (χ4n) is 0.695. The molecule has 16 heavy (non-hydrogen) atoms. The highest BCUT2D eigenvalue weighted by atomic mass is 32.2. The topological polar surface area (TPSA) is 98.5 Å². The minimum absolute atomic E-state index is 0.585. The number of sulfonamides is 1. The van der Waals surface area contributed by atoms with Gasteiger partial charge in [-0.1, -0.05) is 4.89 Å². The summed E-state index contributed by atoms with van der Waals surface area (Å²) >= 11 is 0. The van der Waals surface area contributed by atoms with Crippen molar-refractivity contribution in [2.75, 3.05) is 12.4 Å². The minimum Gasteiger partial charge on any atom is -0.368 e. The number of nitrogens with one attached hydrogen (secondary N) is 1. The summed E-state index contributed by atoms with van der Waals surface area (Å²) in [6, 6.07) is 0. The number of hydrogen-bond acceptors (Lipinski definition) is 4. The van der Waals surface area contributed by atoms with Crippen LogP contribution in [0, 0.1) is 0 Å². The summed E-state index contributed by atoms with van der Waals surface area (Å²) in [5.74, 6) is -1.65. The van der Waals surface area contributed by atoms with Gasteiger partial charge in [0, 0.05) is 6.42 Å². The molecule has 6 nitrogen and oxygen atoms in total. The van der Waals surface area contributed by atoms with Gasteiger partial charge in [0.25, 0.3) is 0 Å². The van der Waals surface area contributed by atoms with Crippen molar-refractivity contribution in [3.63, 3.8) is 0 Å². The molecule has 0 aromatic carbocycles. The molecule has 0 aliphatic rings. The van der Waals surface area contributed by atoms with Crippen molar-refractivity contribution in [3.8, 4) is 0 Å². The van der Waals surface area contributed by atoms with Gasteiger partial charge in [0.15, 0.2) is 0 Å². The Hall–Kier alpha value is -0.870. The minimum atomic E-state index is -4.40. The monoisotopic (exact) mass is 264 g/mol. The first-order valence-corrected chi connectivity index (χ1v) is 5.74. The Balaban J connectivity index is 3.84. The normalized spacial score (nSPS) is 12.7. The van der Waals surface area contributed by atoms with Crippen LogP contribution in [0.15, 0.2) is 0 Å². The van der Waals surface area contributed by atoms with E-state index in [1.807, 2.05) is 0 Å². The molecule has 0 aromatic heterocycles. The molecular weight excluding hydrogens is 253 g/mol. The number of amides is 1. The van der Waals surface area contributed by atoms with Gasteiger partial charge in [-0.05, 0) is 6.42 Å². The van der Waals surface area contributed by atoms with Crippen molar-refractivity contribution in [1.29, 1.82) is 0 Å². The summed E-state index contributed by atoms with van der Waals surface area (Å²) in [5, 5.41) is 0. The molecule has 10 heteroatoms. The molecule has 0 unspecified atom stereocenters. The number of rotatable bonds is 7. The molecule has 0 spiro atoms. The summed E-state index contributed by atoms with van der Waals surface area (Å²) in [5.41, 5.74) is 4.63. The van der Waals surface area contributed by atoms with Gasteiger partial charge in [0.05, 0.1) is 5.75 Å². The molecule has 0 heterocycles. The van der Waals surface area contributed by atoms with Gasteiger partial charge in [0.2, 0.25) is 15.9 Å². The van der Waals surface area contributed by atoms with Crippen LogP contribution >= 0.6 is 0 Å². The Kier molecular flexibility index (Phi) is 5.68. The van der Waals surface area contributed by atoms with Crippen LogP contribution in [0.4, 0.5) is 13.2 Å². The van der Waals surface area contributed by atoms with Gasteiger partial charge in [-0.3, -0.25) is 9.63 Å². The van der Waals surface area contributed by atoms with Gasteiger partial charge in [-0.25, -0.2) is 8.42 Å². The lowest BCUT2D eigenvalue weighted by Crippen LogP contribution is -2.31. The Morgan fingerprint density at radius 1 is 1.38 bits per heavy atom. The predicted octanol–water partition coefficient (Wildman–Crippen LogP) is -0.335. The van der Waals surface area contributed by atoms with E-state index >= 15 is 0 Å². The summed E-state index contributed by atoms with van der Waals surface area (Å²) in [7, 11) is -3.98. The van der Waals surface area contributed by atoms with E-state index in [1.165, 1.54) is 4.89 Å². The zero-order chi connectivity index (χ0) is 12.8. The van der Waals surface area contributed by atoms with E-state index in [9.17, 15) is 26.4 Å². The number of primary amides is 1. The fourth-order valence-corrected chi connectivity index (χ4v) is 1.54. The zero-order valence-electron chi connectivity index (χ0n) is 8.08. The van der Waals surface area contributed by atoms with Crippen molar-refractivity contribution < 1.29 is 31.2 Å². The quantitative estimate of drug-likeness (QED) is 0.615. The van der Waals surface area contributed by atoms with E-state index in [1.54, 1.807) is 0 Å². The molecule has 3 N–H and O–H groups in total. The molecule has 0 aliphatic heterocycles. The first kappa shape index (κ1) is 15.1. The van der Waals surface area contributed by atoms with Gasteiger partial charge in [-0.15, -0.1) is 0 Å². The molecule has 0 atom stereocenters. The van der Waals surface area contributed by atoms with E-state index in [0.29, 0.717) is 0 Å². The summed E-state index contributed by atoms with van der Waals surface area (Å²) in [6.07, 6.45) is -6.19. The van der Waals surface area contributed by atoms with Crippen LogP contribution in [0.25, 0.3) is 0 Å². The number of hydrogen-bond donors (Lipinski definition) is 2. The lowest BCUT2D eigenvalue weighted by molar-refractivity contribution is -0.134. The van der Waals surface area contributed by atoms with Crippen LogP contribution < -0.4 is 10.6 Å². The van der Waals surface area contributed by atoms with E-state index < -0.39 is 47.3 Å². The van der Waals surface area contributed by atoms with Gasteiger partial charge >= 0.3 is 6.18 Å². The molecule has 96 valence electrons. The molecule has 0 rings (SSSR count). The smallest absolute Gasteiger partial charge is 0.368 e. The van der Waals surface area contributed by atoms with E-state index in [4.69, 9.17) is 0 Å². The van der Waals surface area contributed by atoms with E-state index in [2.05, 4.69) is 10.6 Å². The van der Waals surface area contributed by atoms with Crippen molar-refractivity contribution >= 4 is 15.9 Å². The van der Waals surface area contributed by atoms with E-state index in [0.717, 1.165) is 0 Å². The lowest BCUT2D eigenvalue weighted by atomic mass is 10.3. The number of alkyl halides is 3. The summed E-state index contributed by atoms with van der Waals surface area (Å²) < 4.78 is 56.9. The number of halogens is 3. The zero-order valence-corrected chi connectivity index (χ0v) is 8.90. The molecule has 0 aromatic rings. The Morgan fingerprint density at radius 3 is 2.38 bits per heavy atom. The second kappa shape index (κ2) is 6.01. The molecule has 0 saturated carbocycles. The Morgan fingerprint density at radius 2 is 1.94 bits per heavy atom. The highest BCUT2D eigenvalue weighted by Crippen LogP contribution is 2.21. The van der Waals surface area contributed by atoms with Crippen molar-refractivity contribution in [2.45, 2.75) is 19.0 Å². The standard InChI is InChI=1S/C6H11F3N2O4S/c7-6(8,9)2-1-3-16(13,14)11-15-4-5(10)12/h11H,1-4H2,(H2,10,12). The first-order chi connectivity index (χ1) is 7.12. The van der Waals surface area contributed by atoms with Gasteiger partial charge in [0.1, 0.15) is 6.61 Å². The fraction of sp³-hybridized carbons (Fsp3) is 0.833. The maximum absolute atomic E-state index is 11.7. The van der Waals surface area contributed by atoms with Crippen molar-refractivity contribution in [1.82, 2.24) is 4.89 Å². The third-order valence-electron chi connectivity index (χ3n) is 1.27. The molecule has 0 radical (unpaired) electrons. The Labute approximate surface area is 89.9 Å². The average molecular weight is 264 g/mol. The molecule has 1 amide bonds. The summed E-state index contributed by atoms with van der Waals surface area (Å²) in [6.45, 7) is -0.682.